The summed E-state index contributed by atoms with van der Waals surface area (Å²) in [6.45, 7) is 0.543. The number of benzene rings is 1. The maximum atomic E-state index is 13.3. The molecule has 4 rings (SSSR count). The van der Waals surface area contributed by atoms with Crippen LogP contribution in [0.15, 0.2) is 24.3 Å². The Kier molecular flexibility index (Phi) is 7.57. The normalized spacial score (nSPS) is 19.4. The molecule has 35 heavy (non-hydrogen) atoms. The fourth-order valence-corrected chi connectivity index (χ4v) is 4.74. The summed E-state index contributed by atoms with van der Waals surface area (Å²) in [6.07, 6.45) is 4.29. The van der Waals surface area contributed by atoms with E-state index in [1.54, 1.807) is 13.2 Å². The minimum atomic E-state index is -0.973. The number of carbonyl (C=O) groups is 4. The molecule has 0 radical (unpaired) electrons. The molecule has 1 aromatic heterocycles. The van der Waals surface area contributed by atoms with E-state index in [2.05, 4.69) is 20.9 Å². The standard InChI is InChI=1S/C25H32N4O6/c1-34-21-8-4-7-17-16(21)13-19(27-17)24(32)28-18(11-14-5-3-6-14)23(31)29-20(25(33)35-2)12-15-9-10-26-22(15)30/h4,7-8,13-15,18,20,27H,3,5-6,9-12H2,1-2H3,(H,26,30)(H,28,32)(H,29,31)/t15-,18-,20-/m0/s1. The largest absolute Gasteiger partial charge is 0.496 e. The van der Waals surface area contributed by atoms with Gasteiger partial charge in [-0.2, -0.15) is 0 Å². The Labute approximate surface area is 203 Å². The molecule has 10 heteroatoms. The van der Waals surface area contributed by atoms with Crippen molar-refractivity contribution in [3.8, 4) is 5.75 Å². The van der Waals surface area contributed by atoms with Gasteiger partial charge in [-0.1, -0.05) is 25.3 Å². The predicted octanol–water partition coefficient (Wildman–Crippen LogP) is 1.65. The van der Waals surface area contributed by atoms with Gasteiger partial charge in [0.1, 0.15) is 23.5 Å². The van der Waals surface area contributed by atoms with Gasteiger partial charge in [-0.25, -0.2) is 4.79 Å². The van der Waals surface area contributed by atoms with Crippen LogP contribution < -0.4 is 20.7 Å². The van der Waals surface area contributed by atoms with Crippen LogP contribution in [0, 0.1) is 11.8 Å². The van der Waals surface area contributed by atoms with Crippen molar-refractivity contribution in [2.24, 2.45) is 11.8 Å². The third-order valence-corrected chi connectivity index (χ3v) is 6.99. The average molecular weight is 485 g/mol. The van der Waals surface area contributed by atoms with Crippen molar-refractivity contribution in [2.45, 2.75) is 50.6 Å². The van der Waals surface area contributed by atoms with Crippen molar-refractivity contribution in [1.29, 1.82) is 0 Å². The number of amides is 3. The number of H-pyrrole nitrogens is 1. The van der Waals surface area contributed by atoms with E-state index in [9.17, 15) is 19.2 Å². The number of rotatable bonds is 10. The number of ether oxygens (including phenoxy) is 2. The fourth-order valence-electron chi connectivity index (χ4n) is 4.74. The molecule has 3 amide bonds. The lowest BCUT2D eigenvalue weighted by molar-refractivity contribution is -0.146. The van der Waals surface area contributed by atoms with Gasteiger partial charge < -0.3 is 30.4 Å². The molecular formula is C25H32N4O6. The number of hydrogen-bond donors (Lipinski definition) is 4. The van der Waals surface area contributed by atoms with E-state index in [1.807, 2.05) is 18.2 Å². The smallest absolute Gasteiger partial charge is 0.328 e. The zero-order valence-electron chi connectivity index (χ0n) is 20.0. The second kappa shape index (κ2) is 10.8. The summed E-state index contributed by atoms with van der Waals surface area (Å²) in [5.74, 6) is -1.05. The summed E-state index contributed by atoms with van der Waals surface area (Å²) >= 11 is 0. The molecule has 1 saturated heterocycles. The van der Waals surface area contributed by atoms with Crippen molar-refractivity contribution in [1.82, 2.24) is 20.9 Å². The lowest BCUT2D eigenvalue weighted by Gasteiger charge is -2.30. The van der Waals surface area contributed by atoms with Crippen LogP contribution in [-0.4, -0.2) is 61.5 Å². The highest BCUT2D eigenvalue weighted by Crippen LogP contribution is 2.31. The van der Waals surface area contributed by atoms with E-state index < -0.39 is 29.9 Å². The number of carbonyl (C=O) groups excluding carboxylic acids is 4. The maximum Gasteiger partial charge on any atom is 0.328 e. The highest BCUT2D eigenvalue weighted by molar-refractivity contribution is 6.01. The molecule has 1 aliphatic carbocycles. The first-order valence-electron chi connectivity index (χ1n) is 12.0. The maximum absolute atomic E-state index is 13.3. The van der Waals surface area contributed by atoms with Crippen LogP contribution in [0.3, 0.4) is 0 Å². The van der Waals surface area contributed by atoms with Crippen LogP contribution in [-0.2, 0) is 19.1 Å². The molecule has 2 fully saturated rings. The molecule has 2 aliphatic rings. The highest BCUT2D eigenvalue weighted by Gasteiger charge is 2.35. The topological polar surface area (TPSA) is 139 Å². The van der Waals surface area contributed by atoms with Crippen molar-refractivity contribution < 1.29 is 28.7 Å². The number of aromatic nitrogens is 1. The van der Waals surface area contributed by atoms with E-state index >= 15 is 0 Å². The Morgan fingerprint density at radius 2 is 1.89 bits per heavy atom. The van der Waals surface area contributed by atoms with Gasteiger partial charge in [-0.15, -0.1) is 0 Å². The minimum absolute atomic E-state index is 0.137. The third-order valence-electron chi connectivity index (χ3n) is 6.99. The molecule has 1 aliphatic heterocycles. The zero-order valence-corrected chi connectivity index (χ0v) is 20.0. The Balaban J connectivity index is 1.49. The number of fused-ring (bicyclic) bond motifs is 1. The van der Waals surface area contributed by atoms with Crippen molar-refractivity contribution in [3.05, 3.63) is 30.0 Å². The van der Waals surface area contributed by atoms with E-state index in [0.717, 1.165) is 30.2 Å². The van der Waals surface area contributed by atoms with Crippen LogP contribution in [0.2, 0.25) is 0 Å². The van der Waals surface area contributed by atoms with Gasteiger partial charge in [0.25, 0.3) is 5.91 Å². The van der Waals surface area contributed by atoms with E-state index in [1.165, 1.54) is 7.11 Å². The average Bonchev–Trinajstić information content (AvgIpc) is 3.45. The second-order valence-electron chi connectivity index (χ2n) is 9.26. The van der Waals surface area contributed by atoms with E-state index in [4.69, 9.17) is 9.47 Å². The molecule has 1 saturated carbocycles. The van der Waals surface area contributed by atoms with E-state index in [-0.39, 0.29) is 18.2 Å². The number of nitrogens with one attached hydrogen (secondary N) is 4. The summed E-state index contributed by atoms with van der Waals surface area (Å²) in [5.41, 5.74) is 1.05. The van der Waals surface area contributed by atoms with Crippen LogP contribution in [0.1, 0.15) is 49.0 Å². The van der Waals surface area contributed by atoms with Crippen molar-refractivity contribution in [2.75, 3.05) is 20.8 Å². The molecule has 2 aromatic rings. The first kappa shape index (κ1) is 24.6. The quantitative estimate of drug-likeness (QED) is 0.378. The van der Waals surface area contributed by atoms with Crippen LogP contribution in [0.5, 0.6) is 5.75 Å². The van der Waals surface area contributed by atoms with Crippen LogP contribution in [0.25, 0.3) is 10.9 Å². The Bertz CT molecular complexity index is 1110. The molecule has 0 unspecified atom stereocenters. The monoisotopic (exact) mass is 484 g/mol. The first-order chi connectivity index (χ1) is 16.9. The molecule has 0 bridgehead atoms. The first-order valence-corrected chi connectivity index (χ1v) is 12.0. The van der Waals surface area contributed by atoms with Gasteiger partial charge in [0, 0.05) is 23.4 Å². The Hall–Kier alpha value is -3.56. The summed E-state index contributed by atoms with van der Waals surface area (Å²) < 4.78 is 10.2. The van der Waals surface area contributed by atoms with Gasteiger partial charge in [-0.3, -0.25) is 14.4 Å². The summed E-state index contributed by atoms with van der Waals surface area (Å²) in [6, 6.07) is 5.36. The summed E-state index contributed by atoms with van der Waals surface area (Å²) in [4.78, 5) is 53.9. The molecule has 188 valence electrons. The van der Waals surface area contributed by atoms with Crippen molar-refractivity contribution in [3.63, 3.8) is 0 Å². The summed E-state index contributed by atoms with van der Waals surface area (Å²) in [7, 11) is 2.81. The number of hydrogen-bond acceptors (Lipinski definition) is 6. The molecule has 0 spiro atoms. The van der Waals surface area contributed by atoms with E-state index in [0.29, 0.717) is 36.7 Å². The Morgan fingerprint density at radius 1 is 1.09 bits per heavy atom. The second-order valence-corrected chi connectivity index (χ2v) is 9.26. The zero-order chi connectivity index (χ0) is 24.9. The highest BCUT2D eigenvalue weighted by atomic mass is 16.5. The predicted molar refractivity (Wildman–Crippen MR) is 128 cm³/mol. The lowest BCUT2D eigenvalue weighted by atomic mass is 9.80. The number of aromatic amines is 1. The van der Waals surface area contributed by atoms with Crippen molar-refractivity contribution >= 4 is 34.6 Å². The lowest BCUT2D eigenvalue weighted by Crippen LogP contribution is -2.53. The van der Waals surface area contributed by atoms with Gasteiger partial charge in [-0.05, 0) is 43.4 Å². The van der Waals surface area contributed by atoms with Gasteiger partial charge in [0.15, 0.2) is 0 Å². The number of methoxy groups -OCH3 is 2. The number of esters is 1. The van der Waals surface area contributed by atoms with Crippen LogP contribution >= 0.6 is 0 Å². The molecule has 4 N–H and O–H groups in total. The molecular weight excluding hydrogens is 452 g/mol. The van der Waals surface area contributed by atoms with Gasteiger partial charge >= 0.3 is 5.97 Å². The molecule has 2 heterocycles. The van der Waals surface area contributed by atoms with Gasteiger partial charge in [0.05, 0.1) is 14.2 Å². The molecule has 10 nitrogen and oxygen atoms in total. The SMILES string of the molecule is COC(=O)[C@H](C[C@@H]1CCNC1=O)NC(=O)[C@H](CC1CCC1)NC(=O)c1cc2c(OC)cccc2[nH]1. The minimum Gasteiger partial charge on any atom is -0.496 e. The molecule has 1 aromatic carbocycles. The van der Waals surface area contributed by atoms with Gasteiger partial charge in [0.2, 0.25) is 11.8 Å². The Morgan fingerprint density at radius 3 is 2.51 bits per heavy atom. The molecule has 3 atom stereocenters. The van der Waals surface area contributed by atoms with Crippen LogP contribution in [0.4, 0.5) is 0 Å². The third kappa shape index (κ3) is 5.58. The summed E-state index contributed by atoms with van der Waals surface area (Å²) in [5, 5.41) is 9.08. The fraction of sp³-hybridized carbons (Fsp3) is 0.520.